The van der Waals surface area contributed by atoms with Crippen LogP contribution in [0, 0.1) is 0 Å². The smallest absolute Gasteiger partial charge is 0.267 e. The van der Waals surface area contributed by atoms with Gasteiger partial charge in [-0.3, -0.25) is 14.7 Å². The Hall–Kier alpha value is -4.40. The minimum Gasteiger partial charge on any atom is -0.497 e. The molecule has 0 saturated carbocycles. The lowest BCUT2D eigenvalue weighted by Crippen LogP contribution is -2.29. The van der Waals surface area contributed by atoms with Crippen LogP contribution in [-0.4, -0.2) is 47.3 Å². The van der Waals surface area contributed by atoms with Crippen molar-refractivity contribution in [3.8, 4) is 28.5 Å². The molecule has 9 heteroatoms. The third kappa shape index (κ3) is 2.57. The van der Waals surface area contributed by atoms with Gasteiger partial charge in [0.05, 0.1) is 35.0 Å². The number of amides is 2. The van der Waals surface area contributed by atoms with E-state index in [9.17, 15) is 9.59 Å². The Bertz CT molecular complexity index is 1410. The molecule has 2 aromatic heterocycles. The third-order valence-corrected chi connectivity index (χ3v) is 5.60. The maximum Gasteiger partial charge on any atom is 0.267 e. The number of hydrogen-bond donors (Lipinski definition) is 1. The lowest BCUT2D eigenvalue weighted by atomic mass is 10.0. The number of aromatic nitrogens is 3. The van der Waals surface area contributed by atoms with Crippen molar-refractivity contribution in [2.75, 3.05) is 25.2 Å². The molecule has 2 aromatic carbocycles. The summed E-state index contributed by atoms with van der Waals surface area (Å²) in [6, 6.07) is 12.3. The Morgan fingerprint density at radius 2 is 1.78 bits per heavy atom. The molecule has 2 aliphatic heterocycles. The number of rotatable bonds is 3. The van der Waals surface area contributed by atoms with E-state index in [4.69, 9.17) is 14.2 Å². The van der Waals surface area contributed by atoms with Crippen LogP contribution in [0.3, 0.4) is 0 Å². The molecular weight excluding hydrogens is 412 g/mol. The van der Waals surface area contributed by atoms with Crippen LogP contribution in [-0.2, 0) is 0 Å². The number of carbonyl (C=O) groups excluding carboxylic acids is 2. The normalized spacial score (nSPS) is 14.7. The number of aromatic amines is 1. The highest BCUT2D eigenvalue weighted by atomic mass is 16.6. The van der Waals surface area contributed by atoms with Crippen molar-refractivity contribution >= 4 is 28.5 Å². The summed E-state index contributed by atoms with van der Waals surface area (Å²) in [6.45, 7) is 0.862. The molecule has 1 N–H and O–H groups in total. The lowest BCUT2D eigenvalue weighted by molar-refractivity contribution is 0.0926. The van der Waals surface area contributed by atoms with E-state index in [1.54, 1.807) is 25.3 Å². The number of anilines is 1. The average Bonchev–Trinajstić information content (AvgIpc) is 3.37. The van der Waals surface area contributed by atoms with Crippen LogP contribution in [0.4, 0.5) is 5.69 Å². The molecule has 0 fully saturated rings. The summed E-state index contributed by atoms with van der Waals surface area (Å²) in [5.41, 5.74) is 2.67. The number of carbonyl (C=O) groups is 2. The zero-order valence-electron chi connectivity index (χ0n) is 16.9. The molecule has 0 atom stereocenters. The summed E-state index contributed by atoms with van der Waals surface area (Å²) in [6.07, 6.45) is 1.40. The number of ether oxygens (including phenoxy) is 3. The minimum atomic E-state index is -0.446. The summed E-state index contributed by atoms with van der Waals surface area (Å²) < 4.78 is 16.4. The highest BCUT2D eigenvalue weighted by Crippen LogP contribution is 2.39. The molecule has 4 heterocycles. The SMILES string of the molecule is COc1ccc(-c2[nH]nc3ncc4c(c23)C(=O)N(c2ccc3c(c2)OCCO3)C4=O)cc1. The second kappa shape index (κ2) is 6.81. The monoisotopic (exact) mass is 428 g/mol. The molecule has 0 saturated heterocycles. The van der Waals surface area contributed by atoms with Crippen molar-refractivity contribution in [1.29, 1.82) is 0 Å². The van der Waals surface area contributed by atoms with Crippen molar-refractivity contribution < 1.29 is 23.8 Å². The van der Waals surface area contributed by atoms with Gasteiger partial charge in [0.1, 0.15) is 19.0 Å². The number of benzene rings is 2. The second-order valence-electron chi connectivity index (χ2n) is 7.35. The standard InChI is InChI=1S/C23H16N4O5/c1-30-14-5-2-12(3-6-14)20-19-18-15(11-24-21(19)26-25-20)22(28)27(23(18)29)13-4-7-16-17(10-13)32-9-8-31-16/h2-7,10-11H,8-9H2,1H3,(H,24,25,26). The van der Waals surface area contributed by atoms with Crippen LogP contribution < -0.4 is 19.1 Å². The summed E-state index contributed by atoms with van der Waals surface area (Å²) in [5.74, 6) is 0.897. The Labute approximate surface area is 181 Å². The van der Waals surface area contributed by atoms with E-state index in [0.717, 1.165) is 10.5 Å². The van der Waals surface area contributed by atoms with Gasteiger partial charge in [-0.05, 0) is 36.4 Å². The van der Waals surface area contributed by atoms with E-state index >= 15 is 0 Å². The topological polar surface area (TPSA) is 107 Å². The van der Waals surface area contributed by atoms with E-state index in [1.807, 2.05) is 24.3 Å². The fraction of sp³-hybridized carbons (Fsp3) is 0.130. The number of methoxy groups -OCH3 is 1. The molecule has 0 aliphatic carbocycles. The Morgan fingerprint density at radius 1 is 1.00 bits per heavy atom. The molecule has 0 unspecified atom stereocenters. The molecule has 0 radical (unpaired) electrons. The van der Waals surface area contributed by atoms with Crippen molar-refractivity contribution in [3.63, 3.8) is 0 Å². The molecule has 2 amide bonds. The highest BCUT2D eigenvalue weighted by Gasteiger charge is 2.40. The van der Waals surface area contributed by atoms with Gasteiger partial charge in [0.25, 0.3) is 11.8 Å². The van der Waals surface area contributed by atoms with Crippen molar-refractivity contribution in [3.05, 3.63) is 59.8 Å². The Balaban J connectivity index is 1.48. The summed E-state index contributed by atoms with van der Waals surface area (Å²) in [7, 11) is 1.59. The molecule has 2 aliphatic rings. The number of nitrogens with one attached hydrogen (secondary N) is 1. The van der Waals surface area contributed by atoms with Crippen LogP contribution in [0.5, 0.6) is 17.2 Å². The van der Waals surface area contributed by atoms with Crippen molar-refractivity contribution in [2.45, 2.75) is 0 Å². The van der Waals surface area contributed by atoms with Crippen LogP contribution in [0.2, 0.25) is 0 Å². The molecule has 0 spiro atoms. The molecular formula is C23H16N4O5. The van der Waals surface area contributed by atoms with Gasteiger partial charge in [-0.25, -0.2) is 9.88 Å². The van der Waals surface area contributed by atoms with Crippen molar-refractivity contribution in [1.82, 2.24) is 15.2 Å². The number of nitrogens with zero attached hydrogens (tertiary/aromatic N) is 3. The van der Waals surface area contributed by atoms with Crippen LogP contribution in [0.25, 0.3) is 22.3 Å². The number of imide groups is 1. The number of pyridine rings is 1. The zero-order chi connectivity index (χ0) is 21.8. The molecule has 6 rings (SSSR count). The predicted molar refractivity (Wildman–Crippen MR) is 114 cm³/mol. The van der Waals surface area contributed by atoms with Gasteiger partial charge in [-0.2, -0.15) is 5.10 Å². The largest absolute Gasteiger partial charge is 0.497 e. The zero-order valence-corrected chi connectivity index (χ0v) is 16.9. The Morgan fingerprint density at radius 3 is 2.56 bits per heavy atom. The van der Waals surface area contributed by atoms with Gasteiger partial charge < -0.3 is 14.2 Å². The Kier molecular flexibility index (Phi) is 3.91. The maximum atomic E-state index is 13.5. The fourth-order valence-electron chi connectivity index (χ4n) is 4.07. The van der Waals surface area contributed by atoms with Crippen LogP contribution in [0.15, 0.2) is 48.7 Å². The third-order valence-electron chi connectivity index (χ3n) is 5.60. The summed E-state index contributed by atoms with van der Waals surface area (Å²) in [5, 5.41) is 7.71. The first-order chi connectivity index (χ1) is 15.7. The first-order valence-electron chi connectivity index (χ1n) is 9.95. The number of hydrogen-bond acceptors (Lipinski definition) is 7. The molecule has 0 bridgehead atoms. The first-order valence-corrected chi connectivity index (χ1v) is 9.95. The number of fused-ring (bicyclic) bond motifs is 4. The van der Waals surface area contributed by atoms with E-state index in [0.29, 0.717) is 52.9 Å². The average molecular weight is 428 g/mol. The predicted octanol–water partition coefficient (Wildman–Crippen LogP) is 3.21. The van der Waals surface area contributed by atoms with Crippen LogP contribution in [0.1, 0.15) is 20.7 Å². The van der Waals surface area contributed by atoms with Crippen molar-refractivity contribution in [2.24, 2.45) is 0 Å². The lowest BCUT2D eigenvalue weighted by Gasteiger charge is -2.21. The minimum absolute atomic E-state index is 0.230. The van der Waals surface area contributed by atoms with E-state index in [-0.39, 0.29) is 11.1 Å². The van der Waals surface area contributed by atoms with E-state index < -0.39 is 11.8 Å². The molecule has 32 heavy (non-hydrogen) atoms. The van der Waals surface area contributed by atoms with E-state index in [2.05, 4.69) is 15.2 Å². The second-order valence-corrected chi connectivity index (χ2v) is 7.35. The first kappa shape index (κ1) is 18.4. The van der Waals surface area contributed by atoms with Gasteiger partial charge in [0.2, 0.25) is 0 Å². The quantitative estimate of drug-likeness (QED) is 0.500. The fourth-order valence-corrected chi connectivity index (χ4v) is 4.07. The summed E-state index contributed by atoms with van der Waals surface area (Å²) >= 11 is 0. The number of H-pyrrole nitrogens is 1. The van der Waals surface area contributed by atoms with Gasteiger partial charge in [-0.1, -0.05) is 0 Å². The molecule has 9 nitrogen and oxygen atoms in total. The van der Waals surface area contributed by atoms with E-state index in [1.165, 1.54) is 6.20 Å². The van der Waals surface area contributed by atoms with Gasteiger partial charge in [-0.15, -0.1) is 0 Å². The highest BCUT2D eigenvalue weighted by molar-refractivity contribution is 6.38. The maximum absolute atomic E-state index is 13.5. The molecule has 4 aromatic rings. The summed E-state index contributed by atoms with van der Waals surface area (Å²) in [4.78, 5) is 32.2. The molecule has 158 valence electrons. The van der Waals surface area contributed by atoms with Gasteiger partial charge in [0.15, 0.2) is 17.1 Å². The van der Waals surface area contributed by atoms with Crippen LogP contribution >= 0.6 is 0 Å². The van der Waals surface area contributed by atoms with Gasteiger partial charge in [0, 0.05) is 17.8 Å². The van der Waals surface area contributed by atoms with Gasteiger partial charge >= 0.3 is 0 Å².